The molecular formula is C15H19ClO. The minimum absolute atomic E-state index is 0.480. The van der Waals surface area contributed by atoms with Gasteiger partial charge >= 0.3 is 0 Å². The zero-order valence-corrected chi connectivity index (χ0v) is 10.8. The molecule has 17 heavy (non-hydrogen) atoms. The van der Waals surface area contributed by atoms with E-state index >= 15 is 0 Å². The van der Waals surface area contributed by atoms with Gasteiger partial charge in [0.1, 0.15) is 6.10 Å². The summed E-state index contributed by atoms with van der Waals surface area (Å²) in [4.78, 5) is 0. The molecule has 1 unspecified atom stereocenters. The van der Waals surface area contributed by atoms with Crippen LogP contribution in [0.15, 0.2) is 35.9 Å². The molecule has 1 aliphatic rings. The van der Waals surface area contributed by atoms with E-state index in [0.29, 0.717) is 5.02 Å². The SMILES string of the molecule is OC(/C1=C/CCCCCC1)c1cccc(Cl)c1. The Morgan fingerprint density at radius 1 is 1.12 bits per heavy atom. The second kappa shape index (κ2) is 6.23. The number of hydrogen-bond acceptors (Lipinski definition) is 1. The number of aliphatic hydroxyl groups is 1. The van der Waals surface area contributed by atoms with Crippen molar-refractivity contribution in [1.29, 1.82) is 0 Å². The van der Waals surface area contributed by atoms with Gasteiger partial charge in [-0.2, -0.15) is 0 Å². The molecule has 1 aromatic rings. The van der Waals surface area contributed by atoms with Crippen LogP contribution in [0.2, 0.25) is 5.02 Å². The quantitative estimate of drug-likeness (QED) is 0.758. The molecule has 0 saturated carbocycles. The summed E-state index contributed by atoms with van der Waals surface area (Å²) in [6, 6.07) is 7.52. The van der Waals surface area contributed by atoms with Crippen LogP contribution >= 0.6 is 11.6 Å². The maximum atomic E-state index is 10.4. The molecule has 0 aliphatic heterocycles. The Bertz CT molecular complexity index is 398. The van der Waals surface area contributed by atoms with Crippen molar-refractivity contribution in [3.8, 4) is 0 Å². The smallest absolute Gasteiger partial charge is 0.100 e. The average Bonchev–Trinajstić information content (AvgIpc) is 2.28. The fourth-order valence-electron chi connectivity index (χ4n) is 2.36. The van der Waals surface area contributed by atoms with Crippen LogP contribution in [0.5, 0.6) is 0 Å². The molecule has 0 fully saturated rings. The third kappa shape index (κ3) is 3.58. The van der Waals surface area contributed by atoms with E-state index in [-0.39, 0.29) is 0 Å². The van der Waals surface area contributed by atoms with Gasteiger partial charge in [-0.1, -0.05) is 42.7 Å². The molecule has 0 spiro atoms. The van der Waals surface area contributed by atoms with E-state index in [1.807, 2.05) is 24.3 Å². The molecule has 1 aromatic carbocycles. The van der Waals surface area contributed by atoms with Gasteiger partial charge in [0, 0.05) is 5.02 Å². The van der Waals surface area contributed by atoms with Gasteiger partial charge in [0.05, 0.1) is 0 Å². The first-order valence-electron chi connectivity index (χ1n) is 6.40. The monoisotopic (exact) mass is 250 g/mol. The summed E-state index contributed by atoms with van der Waals surface area (Å²) in [7, 11) is 0. The van der Waals surface area contributed by atoms with Crippen molar-refractivity contribution in [3.63, 3.8) is 0 Å². The van der Waals surface area contributed by atoms with Gasteiger partial charge in [-0.25, -0.2) is 0 Å². The predicted molar refractivity (Wildman–Crippen MR) is 72.2 cm³/mol. The van der Waals surface area contributed by atoms with E-state index in [4.69, 9.17) is 11.6 Å². The summed E-state index contributed by atoms with van der Waals surface area (Å²) in [5, 5.41) is 11.0. The number of rotatable bonds is 2. The van der Waals surface area contributed by atoms with Gasteiger partial charge in [0.15, 0.2) is 0 Å². The molecule has 0 heterocycles. The molecular weight excluding hydrogens is 232 g/mol. The predicted octanol–water partition coefficient (Wildman–Crippen LogP) is 4.65. The fourth-order valence-corrected chi connectivity index (χ4v) is 2.55. The molecule has 92 valence electrons. The highest BCUT2D eigenvalue weighted by Gasteiger charge is 2.14. The van der Waals surface area contributed by atoms with Crippen molar-refractivity contribution in [3.05, 3.63) is 46.5 Å². The van der Waals surface area contributed by atoms with Crippen molar-refractivity contribution in [2.24, 2.45) is 0 Å². The third-order valence-electron chi connectivity index (χ3n) is 3.34. The highest BCUT2D eigenvalue weighted by Crippen LogP contribution is 2.29. The van der Waals surface area contributed by atoms with E-state index in [1.165, 1.54) is 25.7 Å². The van der Waals surface area contributed by atoms with Crippen LogP contribution in [-0.2, 0) is 0 Å². The molecule has 2 rings (SSSR count). The zero-order valence-electron chi connectivity index (χ0n) is 10.0. The second-order valence-electron chi connectivity index (χ2n) is 4.69. The Morgan fingerprint density at radius 3 is 2.76 bits per heavy atom. The lowest BCUT2D eigenvalue weighted by atomic mass is 9.93. The Balaban J connectivity index is 2.14. The highest BCUT2D eigenvalue weighted by molar-refractivity contribution is 6.30. The van der Waals surface area contributed by atoms with E-state index in [2.05, 4.69) is 6.08 Å². The first-order chi connectivity index (χ1) is 8.27. The van der Waals surface area contributed by atoms with Crippen LogP contribution < -0.4 is 0 Å². The summed E-state index contributed by atoms with van der Waals surface area (Å²) in [6.07, 6.45) is 8.85. The lowest BCUT2D eigenvalue weighted by molar-refractivity contribution is 0.209. The molecule has 0 radical (unpaired) electrons. The standard InChI is InChI=1S/C15H19ClO/c16-14-10-6-9-13(11-14)15(17)12-7-4-2-1-3-5-8-12/h6-7,9-11,15,17H,1-5,8H2/b12-7+. The topological polar surface area (TPSA) is 20.2 Å². The van der Waals surface area contributed by atoms with Crippen molar-refractivity contribution in [1.82, 2.24) is 0 Å². The van der Waals surface area contributed by atoms with Gasteiger partial charge < -0.3 is 5.11 Å². The van der Waals surface area contributed by atoms with E-state index in [9.17, 15) is 5.11 Å². The van der Waals surface area contributed by atoms with Crippen molar-refractivity contribution < 1.29 is 5.11 Å². The molecule has 2 heteroatoms. The molecule has 1 nitrogen and oxygen atoms in total. The van der Waals surface area contributed by atoms with Gasteiger partial charge in [-0.15, -0.1) is 0 Å². The van der Waals surface area contributed by atoms with E-state index in [1.54, 1.807) is 0 Å². The normalized spacial score (nSPS) is 22.1. The summed E-state index contributed by atoms with van der Waals surface area (Å²) in [6.45, 7) is 0. The first-order valence-corrected chi connectivity index (χ1v) is 6.77. The van der Waals surface area contributed by atoms with Gasteiger partial charge in [0.2, 0.25) is 0 Å². The van der Waals surface area contributed by atoms with Crippen LogP contribution in [0, 0.1) is 0 Å². The van der Waals surface area contributed by atoms with Crippen LogP contribution in [0.3, 0.4) is 0 Å². The molecule has 0 bridgehead atoms. The summed E-state index contributed by atoms with van der Waals surface area (Å²) < 4.78 is 0. The first kappa shape index (κ1) is 12.7. The fraction of sp³-hybridized carbons (Fsp3) is 0.467. The Kier molecular flexibility index (Phi) is 4.64. The average molecular weight is 251 g/mol. The lowest BCUT2D eigenvalue weighted by Crippen LogP contribution is -2.03. The van der Waals surface area contributed by atoms with Crippen LogP contribution in [-0.4, -0.2) is 5.11 Å². The molecule has 0 saturated heterocycles. The highest BCUT2D eigenvalue weighted by atomic mass is 35.5. The van der Waals surface area contributed by atoms with Crippen molar-refractivity contribution in [2.75, 3.05) is 0 Å². The van der Waals surface area contributed by atoms with Crippen LogP contribution in [0.25, 0.3) is 0 Å². The molecule has 0 amide bonds. The third-order valence-corrected chi connectivity index (χ3v) is 3.58. The Morgan fingerprint density at radius 2 is 1.94 bits per heavy atom. The van der Waals surface area contributed by atoms with E-state index < -0.39 is 6.10 Å². The lowest BCUT2D eigenvalue weighted by Gasteiger charge is -2.18. The van der Waals surface area contributed by atoms with Gasteiger partial charge in [-0.3, -0.25) is 0 Å². The van der Waals surface area contributed by atoms with Gasteiger partial charge in [0.25, 0.3) is 0 Å². The minimum Gasteiger partial charge on any atom is -0.384 e. The number of allylic oxidation sites excluding steroid dienone is 1. The Hall–Kier alpha value is -0.790. The van der Waals surface area contributed by atoms with Crippen molar-refractivity contribution >= 4 is 11.6 Å². The van der Waals surface area contributed by atoms with Gasteiger partial charge in [-0.05, 0) is 49.0 Å². The summed E-state index contributed by atoms with van der Waals surface area (Å²) >= 11 is 5.96. The van der Waals surface area contributed by atoms with Crippen LogP contribution in [0.1, 0.15) is 50.2 Å². The summed E-state index contributed by atoms with van der Waals surface area (Å²) in [5.74, 6) is 0. The minimum atomic E-state index is -0.480. The number of aliphatic hydroxyl groups excluding tert-OH is 1. The number of halogens is 1. The molecule has 1 atom stereocenters. The zero-order chi connectivity index (χ0) is 12.1. The molecule has 1 N–H and O–H groups in total. The number of benzene rings is 1. The van der Waals surface area contributed by atoms with E-state index in [0.717, 1.165) is 24.0 Å². The van der Waals surface area contributed by atoms with Crippen molar-refractivity contribution in [2.45, 2.75) is 44.6 Å². The summed E-state index contributed by atoms with van der Waals surface area (Å²) in [5.41, 5.74) is 2.07. The second-order valence-corrected chi connectivity index (χ2v) is 5.13. The molecule has 0 aromatic heterocycles. The maximum absolute atomic E-state index is 10.4. The molecule has 1 aliphatic carbocycles. The Labute approximate surface area is 108 Å². The maximum Gasteiger partial charge on any atom is 0.100 e. The van der Waals surface area contributed by atoms with Crippen LogP contribution in [0.4, 0.5) is 0 Å². The largest absolute Gasteiger partial charge is 0.384 e. The number of hydrogen-bond donors (Lipinski definition) is 1.